The van der Waals surface area contributed by atoms with E-state index in [1.165, 1.54) is 12.1 Å². The maximum absolute atomic E-state index is 12.2. The summed E-state index contributed by atoms with van der Waals surface area (Å²) in [6.45, 7) is 1.31. The number of carbonyl (C=O) groups is 4. The highest BCUT2D eigenvalue weighted by Crippen LogP contribution is 2.22. The van der Waals surface area contributed by atoms with Crippen LogP contribution >= 0.6 is 0 Å². The summed E-state index contributed by atoms with van der Waals surface area (Å²) in [6, 6.07) is 6.19. The van der Waals surface area contributed by atoms with Crippen LogP contribution in [0.15, 0.2) is 24.3 Å². The number of amides is 4. The van der Waals surface area contributed by atoms with Crippen LogP contribution in [0.1, 0.15) is 34.1 Å². The van der Waals surface area contributed by atoms with Crippen LogP contribution in [-0.2, 0) is 19.6 Å². The molecule has 0 atom stereocenters. The van der Waals surface area contributed by atoms with E-state index in [4.69, 9.17) is 0 Å². The minimum absolute atomic E-state index is 0.0986. The van der Waals surface area contributed by atoms with Gasteiger partial charge in [0.15, 0.2) is 0 Å². The van der Waals surface area contributed by atoms with Gasteiger partial charge in [-0.25, -0.2) is 13.2 Å². The van der Waals surface area contributed by atoms with Gasteiger partial charge < -0.3 is 10.1 Å². The first kappa shape index (κ1) is 20.4. The van der Waals surface area contributed by atoms with Crippen molar-refractivity contribution in [2.75, 3.05) is 25.4 Å². The standard InChI is InChI=1S/C16H19N3O7S/c1-2-26-16(23)17-8-7-13(20)18-27(24,25)10-9-19-14(21)11-5-3-4-6-12(11)15(19)22/h3-6H,2,7-10H2,1H3,(H,17,23)(H,18,20). The molecule has 1 heterocycles. The lowest BCUT2D eigenvalue weighted by atomic mass is 10.1. The van der Waals surface area contributed by atoms with E-state index in [2.05, 4.69) is 10.1 Å². The van der Waals surface area contributed by atoms with Crippen molar-refractivity contribution in [2.45, 2.75) is 13.3 Å². The molecule has 0 spiro atoms. The number of imide groups is 1. The van der Waals surface area contributed by atoms with Crippen LogP contribution in [0.5, 0.6) is 0 Å². The van der Waals surface area contributed by atoms with Gasteiger partial charge in [0, 0.05) is 19.5 Å². The van der Waals surface area contributed by atoms with Gasteiger partial charge in [-0.15, -0.1) is 0 Å². The van der Waals surface area contributed by atoms with Crippen molar-refractivity contribution in [1.29, 1.82) is 0 Å². The van der Waals surface area contributed by atoms with Crippen LogP contribution in [0.4, 0.5) is 4.79 Å². The van der Waals surface area contributed by atoms with Crippen LogP contribution in [0.2, 0.25) is 0 Å². The quantitative estimate of drug-likeness (QED) is 0.582. The van der Waals surface area contributed by atoms with E-state index in [-0.39, 0.29) is 37.2 Å². The molecule has 27 heavy (non-hydrogen) atoms. The molecule has 0 radical (unpaired) electrons. The predicted octanol–water partition coefficient (Wildman–Crippen LogP) is -0.135. The minimum atomic E-state index is -4.05. The smallest absolute Gasteiger partial charge is 0.407 e. The van der Waals surface area contributed by atoms with Gasteiger partial charge in [-0.1, -0.05) is 12.1 Å². The molecule has 0 unspecified atom stereocenters. The van der Waals surface area contributed by atoms with Gasteiger partial charge in [-0.3, -0.25) is 24.0 Å². The number of hydrogen-bond donors (Lipinski definition) is 2. The van der Waals surface area contributed by atoms with Crippen LogP contribution in [-0.4, -0.2) is 62.6 Å². The number of carbonyl (C=O) groups excluding carboxylic acids is 4. The Hall–Kier alpha value is -2.95. The van der Waals surface area contributed by atoms with E-state index in [9.17, 15) is 27.6 Å². The fraction of sp³-hybridized carbons (Fsp3) is 0.375. The van der Waals surface area contributed by atoms with Crippen LogP contribution in [0, 0.1) is 0 Å². The zero-order valence-electron chi connectivity index (χ0n) is 14.6. The first-order valence-electron chi connectivity index (χ1n) is 8.14. The normalized spacial score (nSPS) is 13.3. The molecule has 0 aromatic heterocycles. The number of ether oxygens (including phenoxy) is 1. The highest BCUT2D eigenvalue weighted by atomic mass is 32.2. The predicted molar refractivity (Wildman–Crippen MR) is 93.4 cm³/mol. The van der Waals surface area contributed by atoms with Crippen molar-refractivity contribution in [3.63, 3.8) is 0 Å². The van der Waals surface area contributed by atoms with E-state index >= 15 is 0 Å². The van der Waals surface area contributed by atoms with Crippen LogP contribution in [0.3, 0.4) is 0 Å². The Morgan fingerprint density at radius 3 is 2.26 bits per heavy atom. The molecular weight excluding hydrogens is 378 g/mol. The SMILES string of the molecule is CCOC(=O)NCCC(=O)NS(=O)(=O)CCN1C(=O)c2ccccc2C1=O. The highest BCUT2D eigenvalue weighted by molar-refractivity contribution is 7.90. The number of benzene rings is 1. The van der Waals surface area contributed by atoms with Gasteiger partial charge in [-0.2, -0.15) is 0 Å². The van der Waals surface area contributed by atoms with Crippen molar-refractivity contribution < 1.29 is 32.3 Å². The van der Waals surface area contributed by atoms with Gasteiger partial charge in [0.1, 0.15) is 0 Å². The zero-order valence-corrected chi connectivity index (χ0v) is 15.4. The molecule has 0 bridgehead atoms. The molecule has 1 aromatic carbocycles. The van der Waals surface area contributed by atoms with Gasteiger partial charge in [-0.05, 0) is 19.1 Å². The summed E-state index contributed by atoms with van der Waals surface area (Å²) >= 11 is 0. The average Bonchev–Trinajstić information content (AvgIpc) is 2.84. The van der Waals surface area contributed by atoms with Gasteiger partial charge >= 0.3 is 6.09 Å². The van der Waals surface area contributed by atoms with Crippen molar-refractivity contribution in [3.05, 3.63) is 35.4 Å². The van der Waals surface area contributed by atoms with E-state index < -0.39 is 39.6 Å². The molecule has 1 aromatic rings. The van der Waals surface area contributed by atoms with Crippen LogP contribution < -0.4 is 10.0 Å². The molecule has 11 heteroatoms. The summed E-state index contributed by atoms with van der Waals surface area (Å²) in [6.07, 6.45) is -0.982. The summed E-state index contributed by atoms with van der Waals surface area (Å²) in [5, 5.41) is 2.28. The number of rotatable bonds is 8. The second kappa shape index (κ2) is 8.62. The molecule has 0 aliphatic carbocycles. The van der Waals surface area contributed by atoms with E-state index in [0.29, 0.717) is 0 Å². The van der Waals surface area contributed by atoms with E-state index in [1.54, 1.807) is 19.1 Å². The number of alkyl carbamates (subject to hydrolysis) is 1. The summed E-state index contributed by atoms with van der Waals surface area (Å²) in [7, 11) is -4.05. The lowest BCUT2D eigenvalue weighted by Gasteiger charge is -2.14. The lowest BCUT2D eigenvalue weighted by molar-refractivity contribution is -0.119. The third kappa shape index (κ3) is 5.26. The molecule has 2 N–H and O–H groups in total. The average molecular weight is 397 g/mol. The van der Waals surface area contributed by atoms with Crippen molar-refractivity contribution in [1.82, 2.24) is 14.9 Å². The fourth-order valence-electron chi connectivity index (χ4n) is 2.39. The summed E-state index contributed by atoms with van der Waals surface area (Å²) in [4.78, 5) is 47.9. The minimum Gasteiger partial charge on any atom is -0.450 e. The fourth-order valence-corrected chi connectivity index (χ4v) is 3.36. The number of fused-ring (bicyclic) bond motifs is 1. The molecule has 0 saturated heterocycles. The molecule has 1 aliphatic rings. The number of nitrogens with one attached hydrogen (secondary N) is 2. The van der Waals surface area contributed by atoms with Crippen molar-refractivity contribution >= 4 is 33.8 Å². The first-order chi connectivity index (χ1) is 12.7. The number of nitrogens with zero attached hydrogens (tertiary/aromatic N) is 1. The Bertz CT molecular complexity index is 832. The number of sulfonamides is 1. The molecule has 10 nitrogen and oxygen atoms in total. The summed E-state index contributed by atoms with van der Waals surface area (Å²) < 4.78 is 30.4. The van der Waals surface area contributed by atoms with E-state index in [0.717, 1.165) is 4.90 Å². The molecule has 4 amide bonds. The highest BCUT2D eigenvalue weighted by Gasteiger charge is 2.35. The largest absolute Gasteiger partial charge is 0.450 e. The summed E-state index contributed by atoms with van der Waals surface area (Å²) in [5.74, 6) is -2.59. The van der Waals surface area contributed by atoms with E-state index in [1.807, 2.05) is 4.72 Å². The number of hydrogen-bond acceptors (Lipinski definition) is 7. The van der Waals surface area contributed by atoms with Crippen LogP contribution in [0.25, 0.3) is 0 Å². The maximum Gasteiger partial charge on any atom is 0.407 e. The van der Waals surface area contributed by atoms with Crippen molar-refractivity contribution in [2.24, 2.45) is 0 Å². The molecule has 2 rings (SSSR count). The molecular formula is C16H19N3O7S. The molecule has 0 saturated carbocycles. The zero-order chi connectivity index (χ0) is 20.0. The Morgan fingerprint density at radius 1 is 1.11 bits per heavy atom. The third-order valence-electron chi connectivity index (χ3n) is 3.63. The molecule has 146 valence electrons. The van der Waals surface area contributed by atoms with Gasteiger partial charge in [0.05, 0.1) is 23.5 Å². The van der Waals surface area contributed by atoms with Gasteiger partial charge in [0.25, 0.3) is 11.8 Å². The summed E-state index contributed by atoms with van der Waals surface area (Å²) in [5.41, 5.74) is 0.433. The maximum atomic E-state index is 12.2. The monoisotopic (exact) mass is 397 g/mol. The third-order valence-corrected chi connectivity index (χ3v) is 4.89. The molecule has 1 aliphatic heterocycles. The Labute approximate surface area is 155 Å². The lowest BCUT2D eigenvalue weighted by Crippen LogP contribution is -2.40. The first-order valence-corrected chi connectivity index (χ1v) is 9.79. The second-order valence-electron chi connectivity index (χ2n) is 5.55. The Kier molecular flexibility index (Phi) is 6.50. The van der Waals surface area contributed by atoms with Crippen molar-refractivity contribution in [3.8, 4) is 0 Å². The Balaban J connectivity index is 1.83. The van der Waals surface area contributed by atoms with Gasteiger partial charge in [0.2, 0.25) is 15.9 Å². The molecule has 0 fully saturated rings. The second-order valence-corrected chi connectivity index (χ2v) is 7.39. The topological polar surface area (TPSA) is 139 Å². The Morgan fingerprint density at radius 2 is 1.70 bits per heavy atom.